The van der Waals surface area contributed by atoms with Gasteiger partial charge in [-0.15, -0.1) is 0 Å². The Hall–Kier alpha value is -0.980. The van der Waals surface area contributed by atoms with Crippen molar-refractivity contribution in [2.24, 2.45) is 23.7 Å². The van der Waals surface area contributed by atoms with Crippen molar-refractivity contribution >= 4 is 10.0 Å². The molecule has 5 nitrogen and oxygen atoms in total. The van der Waals surface area contributed by atoms with Gasteiger partial charge >= 0.3 is 0 Å². The monoisotopic (exact) mass is 336 g/mol. The summed E-state index contributed by atoms with van der Waals surface area (Å²) in [7, 11) is -3.48. The van der Waals surface area contributed by atoms with Crippen LogP contribution in [0.3, 0.4) is 0 Å². The summed E-state index contributed by atoms with van der Waals surface area (Å²) in [6, 6.07) is 5.25. The number of hydrogen-bond donors (Lipinski definition) is 2. The molecule has 5 rings (SSSR count). The van der Waals surface area contributed by atoms with Crippen LogP contribution in [-0.4, -0.2) is 30.7 Å². The van der Waals surface area contributed by atoms with Crippen LogP contribution < -0.4 is 4.72 Å². The first kappa shape index (κ1) is 15.5. The molecule has 4 aliphatic rings. The molecule has 0 radical (unpaired) electrons. The van der Waals surface area contributed by atoms with Crippen LogP contribution in [0.2, 0.25) is 0 Å². The minimum absolute atomic E-state index is 0.134. The van der Waals surface area contributed by atoms with Gasteiger partial charge in [0.05, 0.1) is 11.3 Å². The van der Waals surface area contributed by atoms with E-state index in [0.29, 0.717) is 5.69 Å². The van der Waals surface area contributed by atoms with E-state index in [2.05, 4.69) is 9.71 Å². The number of hydrogen-bond acceptors (Lipinski definition) is 4. The van der Waals surface area contributed by atoms with E-state index in [4.69, 9.17) is 0 Å². The van der Waals surface area contributed by atoms with Crippen LogP contribution in [0.25, 0.3) is 0 Å². The van der Waals surface area contributed by atoms with Gasteiger partial charge in [-0.25, -0.2) is 13.1 Å². The number of nitrogens with zero attached hydrogens (tertiary/aromatic N) is 1. The molecule has 1 heterocycles. The van der Waals surface area contributed by atoms with Gasteiger partial charge in [-0.3, -0.25) is 4.98 Å². The highest BCUT2D eigenvalue weighted by atomic mass is 32.2. The molecule has 1 aromatic heterocycles. The van der Waals surface area contributed by atoms with E-state index >= 15 is 0 Å². The van der Waals surface area contributed by atoms with Crippen molar-refractivity contribution in [3.8, 4) is 0 Å². The predicted molar refractivity (Wildman–Crippen MR) is 86.9 cm³/mol. The van der Waals surface area contributed by atoms with Gasteiger partial charge in [0.1, 0.15) is 5.75 Å². The van der Waals surface area contributed by atoms with Gasteiger partial charge in [-0.2, -0.15) is 0 Å². The minimum Gasteiger partial charge on any atom is -0.388 e. The first-order chi connectivity index (χ1) is 10.9. The Balaban J connectivity index is 1.44. The van der Waals surface area contributed by atoms with Gasteiger partial charge in [0.2, 0.25) is 10.0 Å². The third kappa shape index (κ3) is 2.92. The molecule has 4 aliphatic carbocycles. The van der Waals surface area contributed by atoms with Crippen LogP contribution in [0.15, 0.2) is 24.4 Å². The zero-order valence-electron chi connectivity index (χ0n) is 13.2. The average Bonchev–Trinajstić information content (AvgIpc) is 2.51. The van der Waals surface area contributed by atoms with E-state index < -0.39 is 15.6 Å². The molecule has 126 valence electrons. The lowest BCUT2D eigenvalue weighted by atomic mass is 9.50. The first-order valence-corrected chi connectivity index (χ1v) is 10.2. The Bertz CT molecular complexity index is 646. The second-order valence-electron chi connectivity index (χ2n) is 7.70. The van der Waals surface area contributed by atoms with Crippen molar-refractivity contribution in [1.29, 1.82) is 0 Å². The molecule has 0 aliphatic heterocycles. The molecule has 0 amide bonds. The molecule has 4 bridgehead atoms. The van der Waals surface area contributed by atoms with Crippen molar-refractivity contribution in [2.45, 2.75) is 43.5 Å². The van der Waals surface area contributed by atoms with Crippen LogP contribution in [0.5, 0.6) is 0 Å². The molecule has 4 fully saturated rings. The number of rotatable bonds is 5. The molecule has 0 unspecified atom stereocenters. The lowest BCUT2D eigenvalue weighted by molar-refractivity contribution is -0.167. The normalized spacial score (nSPS) is 38.8. The Morgan fingerprint density at radius 2 is 1.78 bits per heavy atom. The lowest BCUT2D eigenvalue weighted by Gasteiger charge is -2.58. The van der Waals surface area contributed by atoms with E-state index in [1.165, 1.54) is 6.42 Å². The summed E-state index contributed by atoms with van der Waals surface area (Å²) >= 11 is 0. The molecular formula is C17H24N2O3S. The molecule has 0 spiro atoms. The summed E-state index contributed by atoms with van der Waals surface area (Å²) in [6.45, 7) is 0.150. The van der Waals surface area contributed by atoms with Crippen molar-refractivity contribution < 1.29 is 13.5 Å². The Morgan fingerprint density at radius 3 is 2.35 bits per heavy atom. The van der Waals surface area contributed by atoms with Gasteiger partial charge in [0.15, 0.2) is 0 Å². The van der Waals surface area contributed by atoms with Crippen molar-refractivity contribution in [1.82, 2.24) is 9.71 Å². The largest absolute Gasteiger partial charge is 0.388 e. The summed E-state index contributed by atoms with van der Waals surface area (Å²) in [5, 5.41) is 11.2. The van der Waals surface area contributed by atoms with E-state index in [0.717, 1.165) is 37.5 Å². The molecule has 4 saturated carbocycles. The topological polar surface area (TPSA) is 79.3 Å². The number of sulfonamides is 1. The van der Waals surface area contributed by atoms with E-state index in [9.17, 15) is 13.5 Å². The molecule has 23 heavy (non-hydrogen) atoms. The summed E-state index contributed by atoms with van der Waals surface area (Å²) in [4.78, 5) is 4.07. The van der Waals surface area contributed by atoms with Crippen LogP contribution >= 0.6 is 0 Å². The molecule has 6 heteroatoms. The highest BCUT2D eigenvalue weighted by Gasteiger charge is 2.56. The number of aliphatic hydroxyl groups is 1. The van der Waals surface area contributed by atoms with Gasteiger partial charge in [-0.1, -0.05) is 6.07 Å². The van der Waals surface area contributed by atoms with E-state index in [1.807, 2.05) is 0 Å². The maximum atomic E-state index is 12.3. The molecule has 2 N–H and O–H groups in total. The van der Waals surface area contributed by atoms with E-state index in [1.54, 1.807) is 24.4 Å². The van der Waals surface area contributed by atoms with Crippen LogP contribution in [-0.2, 0) is 15.8 Å². The summed E-state index contributed by atoms with van der Waals surface area (Å²) < 4.78 is 27.3. The average molecular weight is 336 g/mol. The molecule has 0 atom stereocenters. The SMILES string of the molecule is O=S(=O)(Cc1ccccn1)NCC1(O)C2CC3CC(C2)CC1C3. The van der Waals surface area contributed by atoms with Crippen molar-refractivity contribution in [2.75, 3.05) is 6.54 Å². The fourth-order valence-corrected chi connectivity index (χ4v) is 6.36. The maximum absolute atomic E-state index is 12.3. The van der Waals surface area contributed by atoms with Crippen molar-refractivity contribution in [3.63, 3.8) is 0 Å². The number of aromatic nitrogens is 1. The van der Waals surface area contributed by atoms with Gasteiger partial charge in [-0.05, 0) is 67.9 Å². The smallest absolute Gasteiger partial charge is 0.217 e. The molecule has 0 aromatic carbocycles. The van der Waals surface area contributed by atoms with Gasteiger partial charge < -0.3 is 5.11 Å². The quantitative estimate of drug-likeness (QED) is 0.857. The van der Waals surface area contributed by atoms with Gasteiger partial charge in [0.25, 0.3) is 0 Å². The van der Waals surface area contributed by atoms with Crippen molar-refractivity contribution in [3.05, 3.63) is 30.1 Å². The Morgan fingerprint density at radius 1 is 1.13 bits per heavy atom. The number of pyridine rings is 1. The Labute approximate surface area is 137 Å². The Kier molecular flexibility index (Phi) is 3.74. The highest BCUT2D eigenvalue weighted by Crippen LogP contribution is 2.58. The first-order valence-electron chi connectivity index (χ1n) is 8.54. The predicted octanol–water partition coefficient (Wildman–Crippen LogP) is 1.69. The molecular weight excluding hydrogens is 312 g/mol. The van der Waals surface area contributed by atoms with Crippen LogP contribution in [0, 0.1) is 23.7 Å². The van der Waals surface area contributed by atoms with Crippen LogP contribution in [0.4, 0.5) is 0 Å². The maximum Gasteiger partial charge on any atom is 0.217 e. The lowest BCUT2D eigenvalue weighted by Crippen LogP contribution is -2.62. The summed E-state index contributed by atoms with van der Waals surface area (Å²) in [5.41, 5.74) is -0.331. The highest BCUT2D eigenvalue weighted by molar-refractivity contribution is 7.88. The zero-order valence-corrected chi connectivity index (χ0v) is 14.0. The van der Waals surface area contributed by atoms with E-state index in [-0.39, 0.29) is 24.1 Å². The minimum atomic E-state index is -3.48. The number of nitrogens with one attached hydrogen (secondary N) is 1. The standard InChI is InChI=1S/C17H24N2O3S/c20-17(14-6-12-5-13(8-14)9-15(17)7-12)11-19-23(21,22)10-16-3-1-2-4-18-16/h1-4,12-15,19-20H,5-11H2. The zero-order chi connectivity index (χ0) is 16.1. The van der Waals surface area contributed by atoms with Gasteiger partial charge in [0, 0.05) is 12.7 Å². The summed E-state index contributed by atoms with van der Waals surface area (Å²) in [5.74, 6) is 1.89. The third-order valence-electron chi connectivity index (χ3n) is 6.19. The summed E-state index contributed by atoms with van der Waals surface area (Å²) in [6.07, 6.45) is 7.15. The fourth-order valence-electron chi connectivity index (χ4n) is 5.24. The van der Waals surface area contributed by atoms with Crippen LogP contribution in [0.1, 0.15) is 37.8 Å². The third-order valence-corrected chi connectivity index (χ3v) is 7.45. The molecule has 0 saturated heterocycles. The second-order valence-corrected chi connectivity index (χ2v) is 9.50. The fraction of sp³-hybridized carbons (Fsp3) is 0.706. The molecule has 1 aromatic rings. The second kappa shape index (κ2) is 5.53.